The number of rotatable bonds is 6. The molecule has 8 nitrogen and oxygen atoms in total. The molecule has 0 atom stereocenters. The number of nitro benzene ring substituents is 1. The summed E-state index contributed by atoms with van der Waals surface area (Å²) in [5, 5.41) is 25.3. The van der Waals surface area contributed by atoms with Crippen LogP contribution >= 0.6 is 0 Å². The lowest BCUT2D eigenvalue weighted by Gasteiger charge is -2.10. The number of anilines is 1. The van der Waals surface area contributed by atoms with Gasteiger partial charge in [-0.15, -0.1) is 0 Å². The number of nitrogens with zero attached hydrogens (tertiary/aromatic N) is 1. The quantitative estimate of drug-likeness (QED) is 0.310. The number of fused-ring (bicyclic) bond motifs is 1. The number of hydrogen-bond acceptors (Lipinski definition) is 5. The van der Waals surface area contributed by atoms with Crippen LogP contribution in [0.4, 0.5) is 11.4 Å². The average Bonchev–Trinajstić information content (AvgIpc) is 2.79. The highest BCUT2D eigenvalue weighted by molar-refractivity contribution is 6.08. The third-order valence-corrected chi connectivity index (χ3v) is 4.77. The topological polar surface area (TPSA) is 119 Å². The maximum atomic E-state index is 12.6. The second-order valence-corrected chi connectivity index (χ2v) is 6.86. The zero-order valence-corrected chi connectivity index (χ0v) is 16.5. The van der Waals surface area contributed by atoms with E-state index in [0.29, 0.717) is 5.75 Å². The number of benzene rings is 4. The maximum Gasteiger partial charge on any atom is 0.337 e. The van der Waals surface area contributed by atoms with Gasteiger partial charge in [-0.05, 0) is 47.2 Å². The van der Waals surface area contributed by atoms with Crippen molar-refractivity contribution in [2.45, 2.75) is 0 Å². The Bertz CT molecular complexity index is 1370. The van der Waals surface area contributed by atoms with E-state index < -0.39 is 22.5 Å². The van der Waals surface area contributed by atoms with Crippen molar-refractivity contribution in [3.63, 3.8) is 0 Å². The lowest BCUT2D eigenvalue weighted by Crippen LogP contribution is -2.15. The normalized spacial score (nSPS) is 10.5. The van der Waals surface area contributed by atoms with Crippen molar-refractivity contribution in [2.75, 3.05) is 5.32 Å². The zero-order valence-electron chi connectivity index (χ0n) is 16.5. The summed E-state index contributed by atoms with van der Waals surface area (Å²) in [7, 11) is 0. The summed E-state index contributed by atoms with van der Waals surface area (Å²) in [5.74, 6) is -1.49. The Kier molecular flexibility index (Phi) is 5.50. The highest BCUT2D eigenvalue weighted by Crippen LogP contribution is 2.33. The van der Waals surface area contributed by atoms with Gasteiger partial charge < -0.3 is 15.2 Å². The monoisotopic (exact) mass is 428 g/mol. The van der Waals surface area contributed by atoms with Crippen LogP contribution in [0.25, 0.3) is 10.8 Å². The highest BCUT2D eigenvalue weighted by atomic mass is 16.6. The van der Waals surface area contributed by atoms with E-state index in [2.05, 4.69) is 5.32 Å². The fourth-order valence-corrected chi connectivity index (χ4v) is 3.22. The molecule has 2 N–H and O–H groups in total. The second kappa shape index (κ2) is 8.57. The SMILES string of the molecule is O=C(Nc1ccccc1C(=O)O)c1ccc(Oc2ccc3ccccc3c2)c([N+](=O)[O-])c1. The minimum atomic E-state index is -1.20. The second-order valence-electron chi connectivity index (χ2n) is 6.86. The van der Waals surface area contributed by atoms with E-state index in [4.69, 9.17) is 4.74 Å². The lowest BCUT2D eigenvalue weighted by atomic mass is 10.1. The van der Waals surface area contributed by atoms with Gasteiger partial charge in [0.05, 0.1) is 16.2 Å². The van der Waals surface area contributed by atoms with Gasteiger partial charge in [0.2, 0.25) is 5.75 Å². The Morgan fingerprint density at radius 2 is 1.59 bits per heavy atom. The Hall–Kier alpha value is -4.72. The average molecular weight is 428 g/mol. The molecule has 8 heteroatoms. The van der Waals surface area contributed by atoms with Gasteiger partial charge in [-0.25, -0.2) is 4.79 Å². The number of amides is 1. The summed E-state index contributed by atoms with van der Waals surface area (Å²) in [6, 6.07) is 22.6. The van der Waals surface area contributed by atoms with E-state index in [1.807, 2.05) is 30.3 Å². The molecule has 32 heavy (non-hydrogen) atoms. The Morgan fingerprint density at radius 3 is 2.34 bits per heavy atom. The number of carboxylic acid groups (broad SMARTS) is 1. The molecule has 0 fully saturated rings. The van der Waals surface area contributed by atoms with Crippen LogP contribution in [0, 0.1) is 10.1 Å². The molecule has 4 rings (SSSR count). The highest BCUT2D eigenvalue weighted by Gasteiger charge is 2.21. The van der Waals surface area contributed by atoms with E-state index in [0.717, 1.165) is 16.8 Å². The van der Waals surface area contributed by atoms with Crippen LogP contribution in [0.3, 0.4) is 0 Å². The van der Waals surface area contributed by atoms with Crippen molar-refractivity contribution in [2.24, 2.45) is 0 Å². The van der Waals surface area contributed by atoms with Crippen molar-refractivity contribution in [3.8, 4) is 11.5 Å². The number of nitrogens with one attached hydrogen (secondary N) is 1. The van der Waals surface area contributed by atoms with E-state index in [-0.39, 0.29) is 22.6 Å². The number of carbonyl (C=O) groups excluding carboxylic acids is 1. The molecular weight excluding hydrogens is 412 g/mol. The lowest BCUT2D eigenvalue weighted by molar-refractivity contribution is -0.385. The van der Waals surface area contributed by atoms with Gasteiger partial charge in [0.15, 0.2) is 0 Å². The van der Waals surface area contributed by atoms with Crippen LogP contribution in [-0.2, 0) is 0 Å². The summed E-state index contributed by atoms with van der Waals surface area (Å²) >= 11 is 0. The smallest absolute Gasteiger partial charge is 0.337 e. The molecule has 0 aliphatic carbocycles. The number of para-hydroxylation sites is 1. The van der Waals surface area contributed by atoms with Crippen molar-refractivity contribution >= 4 is 34.0 Å². The van der Waals surface area contributed by atoms with E-state index in [1.165, 1.54) is 30.3 Å². The third kappa shape index (κ3) is 4.24. The van der Waals surface area contributed by atoms with Crippen LogP contribution in [0.15, 0.2) is 84.9 Å². The standard InChI is InChI=1S/C24H16N2O6/c27-23(25-20-8-4-3-7-19(20)24(28)29)17-10-12-22(21(14-17)26(30)31)32-18-11-9-15-5-1-2-6-16(15)13-18/h1-14H,(H,25,27)(H,28,29). The predicted octanol–water partition coefficient (Wildman–Crippen LogP) is 5.49. The van der Waals surface area contributed by atoms with Crippen molar-refractivity contribution in [3.05, 3.63) is 106 Å². The minimum Gasteiger partial charge on any atom is -0.478 e. The molecule has 158 valence electrons. The van der Waals surface area contributed by atoms with Crippen LogP contribution in [0.5, 0.6) is 11.5 Å². The summed E-state index contributed by atoms with van der Waals surface area (Å²) in [5.41, 5.74) is -0.407. The van der Waals surface area contributed by atoms with Crippen molar-refractivity contribution in [1.29, 1.82) is 0 Å². The molecule has 0 heterocycles. The van der Waals surface area contributed by atoms with E-state index in [9.17, 15) is 24.8 Å². The summed E-state index contributed by atoms with van der Waals surface area (Å²) in [6.45, 7) is 0. The number of carbonyl (C=O) groups is 2. The largest absolute Gasteiger partial charge is 0.478 e. The molecule has 0 spiro atoms. The molecule has 1 amide bonds. The van der Waals surface area contributed by atoms with Crippen LogP contribution in [0.2, 0.25) is 0 Å². The number of nitro groups is 1. The van der Waals surface area contributed by atoms with Crippen molar-refractivity contribution < 1.29 is 24.4 Å². The van der Waals surface area contributed by atoms with E-state index >= 15 is 0 Å². The molecule has 0 radical (unpaired) electrons. The molecule has 0 saturated carbocycles. The van der Waals surface area contributed by atoms with Gasteiger partial charge in [0.25, 0.3) is 5.91 Å². The van der Waals surface area contributed by atoms with Gasteiger partial charge >= 0.3 is 11.7 Å². The minimum absolute atomic E-state index is 0.0113. The summed E-state index contributed by atoms with van der Waals surface area (Å²) in [4.78, 5) is 34.9. The van der Waals surface area contributed by atoms with Gasteiger partial charge in [-0.1, -0.05) is 42.5 Å². The molecule has 0 aromatic heterocycles. The Morgan fingerprint density at radius 1 is 0.875 bits per heavy atom. The number of hydrogen-bond donors (Lipinski definition) is 2. The Balaban J connectivity index is 1.62. The van der Waals surface area contributed by atoms with Crippen LogP contribution < -0.4 is 10.1 Å². The Labute approximate surface area is 181 Å². The first kappa shape index (κ1) is 20.5. The maximum absolute atomic E-state index is 12.6. The zero-order chi connectivity index (χ0) is 22.7. The summed E-state index contributed by atoms with van der Waals surface area (Å²) < 4.78 is 5.73. The van der Waals surface area contributed by atoms with Gasteiger partial charge in [-0.3, -0.25) is 14.9 Å². The predicted molar refractivity (Wildman–Crippen MR) is 118 cm³/mol. The first-order valence-corrected chi connectivity index (χ1v) is 9.51. The number of ether oxygens (including phenoxy) is 1. The molecule has 4 aromatic carbocycles. The number of carboxylic acids is 1. The van der Waals surface area contributed by atoms with Crippen molar-refractivity contribution in [1.82, 2.24) is 0 Å². The fraction of sp³-hybridized carbons (Fsp3) is 0. The van der Waals surface area contributed by atoms with E-state index in [1.54, 1.807) is 18.2 Å². The molecule has 4 aromatic rings. The molecule has 0 bridgehead atoms. The molecule has 0 aliphatic heterocycles. The van der Waals surface area contributed by atoms with Gasteiger partial charge in [0, 0.05) is 11.6 Å². The molecular formula is C24H16N2O6. The molecule has 0 saturated heterocycles. The van der Waals surface area contributed by atoms with Gasteiger partial charge in [-0.2, -0.15) is 0 Å². The summed E-state index contributed by atoms with van der Waals surface area (Å²) in [6.07, 6.45) is 0. The first-order valence-electron chi connectivity index (χ1n) is 9.51. The van der Waals surface area contributed by atoms with Gasteiger partial charge in [0.1, 0.15) is 5.75 Å². The third-order valence-electron chi connectivity index (χ3n) is 4.77. The number of aromatic carboxylic acids is 1. The van der Waals surface area contributed by atoms with Crippen LogP contribution in [-0.4, -0.2) is 21.9 Å². The van der Waals surface area contributed by atoms with Crippen LogP contribution in [0.1, 0.15) is 20.7 Å². The molecule has 0 aliphatic rings. The molecule has 0 unspecified atom stereocenters. The first-order chi connectivity index (χ1) is 15.4. The fourth-order valence-electron chi connectivity index (χ4n) is 3.22.